The van der Waals surface area contributed by atoms with Crippen molar-refractivity contribution in [1.82, 2.24) is 0 Å². The minimum atomic E-state index is -0.206. The maximum absolute atomic E-state index is 13.1. The molecule has 0 aliphatic rings. The number of halogens is 1. The van der Waals surface area contributed by atoms with Gasteiger partial charge >= 0.3 is 0 Å². The Labute approximate surface area is 119 Å². The molecule has 0 aliphatic heterocycles. The molecule has 106 valence electrons. The van der Waals surface area contributed by atoms with Gasteiger partial charge in [0.05, 0.1) is 6.61 Å². The van der Waals surface area contributed by atoms with Crippen LogP contribution in [0.3, 0.4) is 0 Å². The van der Waals surface area contributed by atoms with Crippen LogP contribution in [0.2, 0.25) is 0 Å². The van der Waals surface area contributed by atoms with Gasteiger partial charge in [0, 0.05) is 6.04 Å². The lowest BCUT2D eigenvalue weighted by atomic mass is 10.0. The van der Waals surface area contributed by atoms with E-state index < -0.39 is 0 Å². The van der Waals surface area contributed by atoms with Crippen LogP contribution in [0.15, 0.2) is 54.6 Å². The fourth-order valence-electron chi connectivity index (χ4n) is 2.12. The topological polar surface area (TPSA) is 35.2 Å². The van der Waals surface area contributed by atoms with Gasteiger partial charge in [0.25, 0.3) is 0 Å². The highest BCUT2D eigenvalue weighted by Crippen LogP contribution is 2.11. The normalized spacial score (nSPS) is 12.1. The summed E-state index contributed by atoms with van der Waals surface area (Å²) in [6.45, 7) is 0.654. The predicted molar refractivity (Wildman–Crippen MR) is 79.3 cm³/mol. The zero-order valence-electron chi connectivity index (χ0n) is 11.5. The van der Waals surface area contributed by atoms with Crippen LogP contribution < -0.4 is 10.5 Å². The van der Waals surface area contributed by atoms with Crippen molar-refractivity contribution in [3.63, 3.8) is 0 Å². The summed E-state index contributed by atoms with van der Waals surface area (Å²) in [6, 6.07) is 16.4. The molecule has 1 unspecified atom stereocenters. The Hall–Kier alpha value is -1.87. The lowest BCUT2D eigenvalue weighted by Crippen LogP contribution is -2.23. The van der Waals surface area contributed by atoms with Gasteiger partial charge in [-0.05, 0) is 49.1 Å². The number of para-hydroxylation sites is 1. The number of hydrogen-bond acceptors (Lipinski definition) is 2. The molecule has 0 heterocycles. The van der Waals surface area contributed by atoms with E-state index in [4.69, 9.17) is 10.5 Å². The minimum Gasteiger partial charge on any atom is -0.494 e. The first-order valence-electron chi connectivity index (χ1n) is 6.92. The standard InChI is InChI=1S/C17H20FNO/c18-15-7-4-6-14(12-15)13-16(19)8-5-11-20-17-9-2-1-3-10-17/h1-4,6-7,9-10,12,16H,5,8,11,13,19H2. The SMILES string of the molecule is NC(CCCOc1ccccc1)Cc1cccc(F)c1. The number of ether oxygens (including phenoxy) is 1. The molecule has 0 aromatic heterocycles. The Bertz CT molecular complexity index is 515. The summed E-state index contributed by atoms with van der Waals surface area (Å²) in [4.78, 5) is 0. The van der Waals surface area contributed by atoms with E-state index in [2.05, 4.69) is 0 Å². The zero-order chi connectivity index (χ0) is 14.2. The molecule has 2 rings (SSSR count). The Balaban J connectivity index is 1.66. The summed E-state index contributed by atoms with van der Waals surface area (Å²) >= 11 is 0. The first-order valence-corrected chi connectivity index (χ1v) is 6.92. The van der Waals surface area contributed by atoms with Gasteiger partial charge in [-0.1, -0.05) is 30.3 Å². The number of hydrogen-bond donors (Lipinski definition) is 1. The van der Waals surface area contributed by atoms with Crippen LogP contribution in [-0.2, 0) is 6.42 Å². The van der Waals surface area contributed by atoms with Gasteiger partial charge < -0.3 is 10.5 Å². The smallest absolute Gasteiger partial charge is 0.123 e. The highest BCUT2D eigenvalue weighted by Gasteiger charge is 2.05. The molecule has 2 aromatic rings. The van der Waals surface area contributed by atoms with Gasteiger partial charge in [0.2, 0.25) is 0 Å². The fourth-order valence-corrected chi connectivity index (χ4v) is 2.12. The fraction of sp³-hybridized carbons (Fsp3) is 0.294. The van der Waals surface area contributed by atoms with Gasteiger partial charge in [-0.15, -0.1) is 0 Å². The molecule has 0 amide bonds. The lowest BCUT2D eigenvalue weighted by Gasteiger charge is -2.12. The first kappa shape index (κ1) is 14.5. The molecule has 0 saturated heterocycles. The maximum Gasteiger partial charge on any atom is 0.123 e. The minimum absolute atomic E-state index is 0.0381. The molecule has 20 heavy (non-hydrogen) atoms. The van der Waals surface area contributed by atoms with Gasteiger partial charge in [-0.3, -0.25) is 0 Å². The Morgan fingerprint density at radius 2 is 1.85 bits per heavy atom. The molecule has 0 radical (unpaired) electrons. The summed E-state index contributed by atoms with van der Waals surface area (Å²) in [5, 5.41) is 0. The van der Waals surface area contributed by atoms with Crippen LogP contribution in [0.1, 0.15) is 18.4 Å². The van der Waals surface area contributed by atoms with Crippen LogP contribution in [-0.4, -0.2) is 12.6 Å². The predicted octanol–water partition coefficient (Wildman–Crippen LogP) is 3.55. The Kier molecular flexibility index (Phi) is 5.56. The summed E-state index contributed by atoms with van der Waals surface area (Å²) in [7, 11) is 0. The van der Waals surface area contributed by atoms with Crippen molar-refractivity contribution >= 4 is 0 Å². The molecular weight excluding hydrogens is 253 g/mol. The number of benzene rings is 2. The van der Waals surface area contributed by atoms with Crippen molar-refractivity contribution in [1.29, 1.82) is 0 Å². The average Bonchev–Trinajstić information content (AvgIpc) is 2.45. The van der Waals surface area contributed by atoms with E-state index in [9.17, 15) is 4.39 Å². The van der Waals surface area contributed by atoms with Crippen molar-refractivity contribution in [3.05, 3.63) is 66.0 Å². The van der Waals surface area contributed by atoms with Crippen molar-refractivity contribution in [2.45, 2.75) is 25.3 Å². The third-order valence-electron chi connectivity index (χ3n) is 3.12. The molecule has 3 heteroatoms. The second-order valence-corrected chi connectivity index (χ2v) is 4.90. The third kappa shape index (κ3) is 5.02. The molecule has 1 atom stereocenters. The number of rotatable bonds is 7. The molecule has 0 aliphatic carbocycles. The van der Waals surface area contributed by atoms with E-state index in [1.165, 1.54) is 6.07 Å². The highest BCUT2D eigenvalue weighted by atomic mass is 19.1. The third-order valence-corrected chi connectivity index (χ3v) is 3.12. The van der Waals surface area contributed by atoms with Crippen LogP contribution in [0, 0.1) is 5.82 Å². The van der Waals surface area contributed by atoms with Crippen LogP contribution in [0.5, 0.6) is 5.75 Å². The second-order valence-electron chi connectivity index (χ2n) is 4.90. The molecule has 2 nitrogen and oxygen atoms in total. The largest absolute Gasteiger partial charge is 0.494 e. The summed E-state index contributed by atoms with van der Waals surface area (Å²) in [5.41, 5.74) is 7.00. The molecular formula is C17H20FNO. The average molecular weight is 273 g/mol. The van der Waals surface area contributed by atoms with Crippen LogP contribution in [0.4, 0.5) is 4.39 Å². The summed E-state index contributed by atoms with van der Waals surface area (Å²) in [6.07, 6.45) is 2.46. The van der Waals surface area contributed by atoms with E-state index in [-0.39, 0.29) is 11.9 Å². The van der Waals surface area contributed by atoms with Crippen LogP contribution in [0.25, 0.3) is 0 Å². The van der Waals surface area contributed by atoms with E-state index in [0.717, 1.165) is 24.2 Å². The van der Waals surface area contributed by atoms with E-state index >= 15 is 0 Å². The molecule has 2 N–H and O–H groups in total. The van der Waals surface area contributed by atoms with Gasteiger partial charge in [-0.25, -0.2) is 4.39 Å². The van der Waals surface area contributed by atoms with Crippen molar-refractivity contribution in [2.75, 3.05) is 6.61 Å². The molecule has 0 saturated carbocycles. The van der Waals surface area contributed by atoms with E-state index in [0.29, 0.717) is 13.0 Å². The van der Waals surface area contributed by atoms with Gasteiger partial charge in [-0.2, -0.15) is 0 Å². The Morgan fingerprint density at radius 1 is 1.05 bits per heavy atom. The summed E-state index contributed by atoms with van der Waals surface area (Å²) in [5.74, 6) is 0.674. The van der Waals surface area contributed by atoms with Crippen LogP contribution >= 0.6 is 0 Å². The molecule has 0 bridgehead atoms. The molecule has 2 aromatic carbocycles. The summed E-state index contributed by atoms with van der Waals surface area (Å²) < 4.78 is 18.7. The zero-order valence-corrected chi connectivity index (χ0v) is 11.5. The van der Waals surface area contributed by atoms with Gasteiger partial charge in [0.1, 0.15) is 11.6 Å². The van der Waals surface area contributed by atoms with Crippen molar-refractivity contribution < 1.29 is 9.13 Å². The van der Waals surface area contributed by atoms with Crippen molar-refractivity contribution in [2.24, 2.45) is 5.73 Å². The maximum atomic E-state index is 13.1. The molecule has 0 spiro atoms. The lowest BCUT2D eigenvalue weighted by molar-refractivity contribution is 0.301. The quantitative estimate of drug-likeness (QED) is 0.783. The Morgan fingerprint density at radius 3 is 2.60 bits per heavy atom. The highest BCUT2D eigenvalue weighted by molar-refractivity contribution is 5.20. The second kappa shape index (κ2) is 7.65. The monoisotopic (exact) mass is 273 g/mol. The van der Waals surface area contributed by atoms with Gasteiger partial charge in [0.15, 0.2) is 0 Å². The molecule has 0 fully saturated rings. The first-order chi connectivity index (χ1) is 9.74. The van der Waals surface area contributed by atoms with Crippen molar-refractivity contribution in [3.8, 4) is 5.75 Å². The van der Waals surface area contributed by atoms with E-state index in [1.807, 2.05) is 36.4 Å². The van der Waals surface area contributed by atoms with E-state index in [1.54, 1.807) is 12.1 Å². The number of nitrogens with two attached hydrogens (primary N) is 1.